The summed E-state index contributed by atoms with van der Waals surface area (Å²) in [7, 11) is 1.82. The smallest absolute Gasteiger partial charge is 0.251 e. The van der Waals surface area contributed by atoms with Gasteiger partial charge < -0.3 is 31.9 Å². The van der Waals surface area contributed by atoms with Gasteiger partial charge in [-0.15, -0.1) is 0 Å². The summed E-state index contributed by atoms with van der Waals surface area (Å²) in [4.78, 5) is 12.2. The molecule has 0 heterocycles. The monoisotopic (exact) mass is 378 g/mol. The molecule has 7 nitrogen and oxygen atoms in total. The molecule has 0 aliphatic carbocycles. The van der Waals surface area contributed by atoms with Crippen LogP contribution in [0.2, 0.25) is 5.02 Å². The number of anilines is 1. The third-order valence-corrected chi connectivity index (χ3v) is 4.10. The van der Waals surface area contributed by atoms with Crippen LogP contribution in [0.15, 0.2) is 48.5 Å². The van der Waals surface area contributed by atoms with E-state index in [4.69, 9.17) is 27.8 Å². The fourth-order valence-corrected chi connectivity index (χ4v) is 2.39. The lowest BCUT2D eigenvalue weighted by atomic mass is 10.1. The van der Waals surface area contributed by atoms with Crippen molar-refractivity contribution >= 4 is 23.2 Å². The second-order valence-electron chi connectivity index (χ2n) is 5.66. The van der Waals surface area contributed by atoms with Crippen LogP contribution in [0.25, 0.3) is 0 Å². The van der Waals surface area contributed by atoms with E-state index in [-0.39, 0.29) is 0 Å². The number of aliphatic hydroxyl groups is 1. The summed E-state index contributed by atoms with van der Waals surface area (Å²) >= 11 is 5.80. The van der Waals surface area contributed by atoms with Crippen LogP contribution < -0.4 is 22.1 Å². The van der Waals surface area contributed by atoms with E-state index in [2.05, 4.69) is 10.6 Å². The van der Waals surface area contributed by atoms with Gasteiger partial charge in [-0.2, -0.15) is 0 Å². The van der Waals surface area contributed by atoms with Gasteiger partial charge in [-0.3, -0.25) is 4.79 Å². The zero-order valence-electron chi connectivity index (χ0n) is 14.4. The number of ether oxygens (including phenoxy) is 1. The molecule has 3 atom stereocenters. The molecule has 0 radical (unpaired) electrons. The Hall–Kier alpha value is -2.16. The van der Waals surface area contributed by atoms with Crippen LogP contribution in [-0.2, 0) is 4.74 Å². The number of benzene rings is 2. The second-order valence-corrected chi connectivity index (χ2v) is 6.10. The molecule has 2 unspecified atom stereocenters. The van der Waals surface area contributed by atoms with E-state index < -0.39 is 31.0 Å². The predicted molar refractivity (Wildman–Crippen MR) is 102 cm³/mol. The van der Waals surface area contributed by atoms with Gasteiger partial charge in [0.1, 0.15) is 12.5 Å². The summed E-state index contributed by atoms with van der Waals surface area (Å²) in [6.45, 7) is -0.397. The standard InChI is InChI=1S/C18H23ClN4O3/c1-22-14-8-4-11(5-9-14)16(20)26-17(21)15(10-24)23-18(25)12-2-6-13(19)7-3-12/h2-9,15-17,22,24H,10,20-21H2,1H3,(H,23,25)/t15-,16?,17?/m0/s1. The highest BCUT2D eigenvalue weighted by atomic mass is 35.5. The molecule has 2 aromatic rings. The summed E-state index contributed by atoms with van der Waals surface area (Å²) in [6.07, 6.45) is -1.78. The van der Waals surface area contributed by atoms with Crippen molar-refractivity contribution in [2.45, 2.75) is 18.5 Å². The number of nitrogens with one attached hydrogen (secondary N) is 2. The average Bonchev–Trinajstić information content (AvgIpc) is 2.66. The van der Waals surface area contributed by atoms with Crippen molar-refractivity contribution in [2.24, 2.45) is 11.5 Å². The van der Waals surface area contributed by atoms with Gasteiger partial charge >= 0.3 is 0 Å². The van der Waals surface area contributed by atoms with Gasteiger partial charge in [0.25, 0.3) is 5.91 Å². The molecule has 140 valence electrons. The first-order valence-corrected chi connectivity index (χ1v) is 8.44. The first-order chi connectivity index (χ1) is 12.4. The minimum atomic E-state index is -0.991. The Bertz CT molecular complexity index is 709. The Morgan fingerprint density at radius 1 is 1.15 bits per heavy atom. The van der Waals surface area contributed by atoms with Gasteiger partial charge in [-0.05, 0) is 42.0 Å². The number of amides is 1. The third kappa shape index (κ3) is 5.42. The molecule has 2 aromatic carbocycles. The van der Waals surface area contributed by atoms with Crippen LogP contribution in [0.1, 0.15) is 22.1 Å². The van der Waals surface area contributed by atoms with Gasteiger partial charge in [0.15, 0.2) is 0 Å². The van der Waals surface area contributed by atoms with Crippen LogP contribution in [0, 0.1) is 0 Å². The van der Waals surface area contributed by atoms with E-state index in [1.807, 2.05) is 31.3 Å². The van der Waals surface area contributed by atoms with Gasteiger partial charge in [-0.1, -0.05) is 23.7 Å². The molecule has 0 fully saturated rings. The van der Waals surface area contributed by atoms with Crippen molar-refractivity contribution in [2.75, 3.05) is 19.0 Å². The van der Waals surface area contributed by atoms with Crippen molar-refractivity contribution in [3.63, 3.8) is 0 Å². The maximum atomic E-state index is 12.2. The number of nitrogens with two attached hydrogens (primary N) is 2. The molecule has 0 saturated carbocycles. The van der Waals surface area contributed by atoms with Gasteiger partial charge in [0.05, 0.1) is 12.6 Å². The molecule has 1 amide bonds. The Labute approximate surface area is 157 Å². The SMILES string of the molecule is CNc1ccc(C(N)OC(N)[C@H](CO)NC(=O)c2ccc(Cl)cc2)cc1. The summed E-state index contributed by atoms with van der Waals surface area (Å²) in [5, 5.41) is 15.7. The second kappa shape index (κ2) is 9.51. The highest BCUT2D eigenvalue weighted by Crippen LogP contribution is 2.17. The van der Waals surface area contributed by atoms with Crippen LogP contribution in [-0.4, -0.2) is 36.9 Å². The number of hydrogen-bond acceptors (Lipinski definition) is 6. The van der Waals surface area contributed by atoms with E-state index >= 15 is 0 Å². The summed E-state index contributed by atoms with van der Waals surface area (Å²) in [5.74, 6) is -0.397. The molecule has 0 aliphatic heterocycles. The number of carbonyl (C=O) groups excluding carboxylic acids is 1. The molecule has 0 aliphatic rings. The normalized spacial score (nSPS) is 14.3. The topological polar surface area (TPSA) is 123 Å². The molecule has 26 heavy (non-hydrogen) atoms. The fourth-order valence-electron chi connectivity index (χ4n) is 2.27. The number of hydrogen-bond donors (Lipinski definition) is 5. The number of rotatable bonds is 8. The quantitative estimate of drug-likeness (QED) is 0.443. The van der Waals surface area contributed by atoms with E-state index in [1.54, 1.807) is 24.3 Å². The number of aliphatic hydroxyl groups excluding tert-OH is 1. The Morgan fingerprint density at radius 2 is 1.77 bits per heavy atom. The molecule has 0 spiro atoms. The molecule has 8 heteroatoms. The molecule has 0 bridgehead atoms. The molecular weight excluding hydrogens is 356 g/mol. The van der Waals surface area contributed by atoms with Crippen molar-refractivity contribution in [1.82, 2.24) is 5.32 Å². The van der Waals surface area contributed by atoms with E-state index in [1.165, 1.54) is 0 Å². The molecule has 7 N–H and O–H groups in total. The zero-order chi connectivity index (χ0) is 19.1. The summed E-state index contributed by atoms with van der Waals surface area (Å²) < 4.78 is 5.56. The lowest BCUT2D eigenvalue weighted by molar-refractivity contribution is -0.0351. The third-order valence-electron chi connectivity index (χ3n) is 3.85. The molecular formula is C18H23ClN4O3. The lowest BCUT2D eigenvalue weighted by Crippen LogP contribution is -2.52. The van der Waals surface area contributed by atoms with Crippen molar-refractivity contribution in [1.29, 1.82) is 0 Å². The first-order valence-electron chi connectivity index (χ1n) is 8.06. The van der Waals surface area contributed by atoms with E-state index in [0.29, 0.717) is 10.6 Å². The van der Waals surface area contributed by atoms with Gasteiger partial charge in [0, 0.05) is 23.3 Å². The van der Waals surface area contributed by atoms with Crippen LogP contribution in [0.5, 0.6) is 0 Å². The lowest BCUT2D eigenvalue weighted by Gasteiger charge is -2.26. The Balaban J connectivity index is 1.97. The minimum absolute atomic E-state index is 0.395. The van der Waals surface area contributed by atoms with Crippen molar-refractivity contribution in [3.05, 3.63) is 64.7 Å². The highest BCUT2D eigenvalue weighted by molar-refractivity contribution is 6.30. The molecule has 0 aromatic heterocycles. The van der Waals surface area contributed by atoms with Crippen molar-refractivity contribution in [3.8, 4) is 0 Å². The Kier molecular flexibility index (Phi) is 7.38. The summed E-state index contributed by atoms with van der Waals surface area (Å²) in [6, 6.07) is 12.9. The largest absolute Gasteiger partial charge is 0.394 e. The van der Waals surface area contributed by atoms with E-state index in [0.717, 1.165) is 11.3 Å². The van der Waals surface area contributed by atoms with Crippen LogP contribution >= 0.6 is 11.6 Å². The van der Waals surface area contributed by atoms with Crippen LogP contribution in [0.4, 0.5) is 5.69 Å². The molecule has 0 saturated heterocycles. The molecule has 2 rings (SSSR count). The van der Waals surface area contributed by atoms with E-state index in [9.17, 15) is 9.90 Å². The maximum absolute atomic E-state index is 12.2. The first kappa shape index (κ1) is 20.2. The maximum Gasteiger partial charge on any atom is 0.251 e. The average molecular weight is 379 g/mol. The predicted octanol–water partition coefficient (Wildman–Crippen LogP) is 1.43. The van der Waals surface area contributed by atoms with Gasteiger partial charge in [-0.25, -0.2) is 0 Å². The Morgan fingerprint density at radius 3 is 2.31 bits per heavy atom. The van der Waals surface area contributed by atoms with Crippen molar-refractivity contribution < 1.29 is 14.6 Å². The fraction of sp³-hybridized carbons (Fsp3) is 0.278. The minimum Gasteiger partial charge on any atom is -0.394 e. The highest BCUT2D eigenvalue weighted by Gasteiger charge is 2.23. The summed E-state index contributed by atoms with van der Waals surface area (Å²) in [5.41, 5.74) is 14.0. The number of halogens is 1. The van der Waals surface area contributed by atoms with Gasteiger partial charge in [0.2, 0.25) is 0 Å². The zero-order valence-corrected chi connectivity index (χ0v) is 15.1. The van der Waals surface area contributed by atoms with Crippen LogP contribution in [0.3, 0.4) is 0 Å². The number of carbonyl (C=O) groups is 1.